The molecular weight excluding hydrogens is 752 g/mol. The fraction of sp³-hybridized carbons (Fsp3) is 1.00. The summed E-state index contributed by atoms with van der Waals surface area (Å²) in [6, 6.07) is 0. The SMILES string of the molecule is CCCCCCCCCCCCCCCCCCC[PH](CCC)(CCCCCCCCCCCCCCCCCCC)CCCCCCCCCCCCCCCCCCC. The van der Waals surface area contributed by atoms with Crippen molar-refractivity contribution >= 4 is 7.26 Å². The molecule has 0 fully saturated rings. The third-order valence-electron chi connectivity index (χ3n) is 15.2. The predicted octanol–water partition coefficient (Wildman–Crippen LogP) is 23.1. The van der Waals surface area contributed by atoms with Gasteiger partial charge in [0.2, 0.25) is 0 Å². The Bertz CT molecular complexity index is 651. The number of unbranched alkanes of at least 4 members (excludes halogenated alkanes) is 48. The number of hydrogen-bond acceptors (Lipinski definition) is 0. The molecule has 0 aromatic rings. The topological polar surface area (TPSA) is 0 Å². The summed E-state index contributed by atoms with van der Waals surface area (Å²) in [6.45, 7) is 9.50. The summed E-state index contributed by atoms with van der Waals surface area (Å²) in [5.41, 5.74) is 0. The first kappa shape index (κ1) is 61.4. The van der Waals surface area contributed by atoms with Gasteiger partial charge >= 0.3 is 257 Å². The smallest absolute Gasteiger partial charge is 0.0654 e. The van der Waals surface area contributed by atoms with Crippen molar-refractivity contribution in [3.05, 3.63) is 0 Å². The molecule has 0 heterocycles. The maximum atomic E-state index is 2.53. The summed E-state index contributed by atoms with van der Waals surface area (Å²) < 4.78 is 0. The molecule has 0 spiro atoms. The minimum atomic E-state index is -1.12. The summed E-state index contributed by atoms with van der Waals surface area (Å²) in [4.78, 5) is 0. The molecule has 0 aliphatic carbocycles. The second kappa shape index (κ2) is 54.8. The van der Waals surface area contributed by atoms with Crippen molar-refractivity contribution in [3.63, 3.8) is 0 Å². The molecule has 0 atom stereocenters. The fourth-order valence-corrected chi connectivity index (χ4v) is 16.5. The second-order valence-corrected chi connectivity index (χ2v) is 26.5. The summed E-state index contributed by atoms with van der Waals surface area (Å²) in [7, 11) is -1.12. The van der Waals surface area contributed by atoms with Gasteiger partial charge in [0.15, 0.2) is 0 Å². The van der Waals surface area contributed by atoms with Crippen LogP contribution in [0.15, 0.2) is 0 Å². The molecule has 0 aromatic carbocycles. The van der Waals surface area contributed by atoms with Gasteiger partial charge in [0.25, 0.3) is 0 Å². The molecule has 0 unspecified atom stereocenters. The monoisotopic (exact) mass is 877 g/mol. The van der Waals surface area contributed by atoms with E-state index in [4.69, 9.17) is 0 Å². The molecule has 0 nitrogen and oxygen atoms in total. The van der Waals surface area contributed by atoms with Crippen LogP contribution in [0.25, 0.3) is 0 Å². The Morgan fingerprint density at radius 2 is 0.262 bits per heavy atom. The molecule has 0 aromatic heterocycles. The molecule has 0 saturated carbocycles. The van der Waals surface area contributed by atoms with Crippen LogP contribution in [0.3, 0.4) is 0 Å². The van der Waals surface area contributed by atoms with Crippen LogP contribution in [0.5, 0.6) is 0 Å². The Balaban J connectivity index is 4.30. The van der Waals surface area contributed by atoms with Gasteiger partial charge in [0.05, 0.1) is 0 Å². The minimum absolute atomic E-state index is 1.12. The van der Waals surface area contributed by atoms with Crippen LogP contribution >= 0.6 is 7.26 Å². The van der Waals surface area contributed by atoms with Gasteiger partial charge < -0.3 is 0 Å². The third-order valence-corrected chi connectivity index (χ3v) is 21.0. The van der Waals surface area contributed by atoms with Crippen molar-refractivity contribution in [2.24, 2.45) is 0 Å². The average Bonchev–Trinajstić information content (AvgIpc) is 3.27. The van der Waals surface area contributed by atoms with E-state index in [0.29, 0.717) is 0 Å². The quantitative estimate of drug-likeness (QED) is 0.0422. The van der Waals surface area contributed by atoms with Crippen LogP contribution in [0.1, 0.15) is 362 Å². The Labute approximate surface area is 391 Å². The van der Waals surface area contributed by atoms with Crippen LogP contribution in [-0.4, -0.2) is 24.6 Å². The van der Waals surface area contributed by atoms with Gasteiger partial charge in [0.1, 0.15) is 0 Å². The molecule has 61 heavy (non-hydrogen) atoms. The Kier molecular flexibility index (Phi) is 55.1. The molecule has 0 amide bonds. The van der Waals surface area contributed by atoms with E-state index < -0.39 is 7.26 Å². The zero-order chi connectivity index (χ0) is 44.1. The minimum Gasteiger partial charge on any atom is -0.0654 e. The van der Waals surface area contributed by atoms with Gasteiger partial charge in [0, 0.05) is 0 Å². The zero-order valence-electron chi connectivity index (χ0n) is 44.1. The van der Waals surface area contributed by atoms with Crippen LogP contribution in [0.4, 0.5) is 0 Å². The van der Waals surface area contributed by atoms with Crippen LogP contribution < -0.4 is 0 Å². The predicted molar refractivity (Wildman–Crippen MR) is 291 cm³/mol. The van der Waals surface area contributed by atoms with Gasteiger partial charge in [-0.05, 0) is 0 Å². The average molecular weight is 878 g/mol. The summed E-state index contributed by atoms with van der Waals surface area (Å²) in [6.07, 6.45) is 84.3. The second-order valence-electron chi connectivity index (χ2n) is 21.5. The van der Waals surface area contributed by atoms with Crippen molar-refractivity contribution < 1.29 is 0 Å². The number of hydrogen-bond donors (Lipinski definition) is 0. The molecule has 0 rings (SSSR count). The Hall–Kier alpha value is 0.430. The van der Waals surface area contributed by atoms with Gasteiger partial charge in [-0.3, -0.25) is 0 Å². The van der Waals surface area contributed by atoms with Gasteiger partial charge in [-0.25, -0.2) is 0 Å². The standard InChI is InChI=1S/C60H125P/c1-5-9-12-15-18-21-24-27-30-33-36-39-42-45-48-51-54-58-61(57-8-4,59-55-52-49-46-43-40-37-34-31-28-25-22-19-16-13-10-6-2)60-56-53-50-47-44-41-38-35-32-29-26-23-20-17-14-11-7-3/h61H,5-60H2,1-4H3. The van der Waals surface area contributed by atoms with Crippen molar-refractivity contribution in [1.29, 1.82) is 0 Å². The summed E-state index contributed by atoms with van der Waals surface area (Å²) in [5.74, 6) is 0. The molecule has 0 bridgehead atoms. The molecule has 0 N–H and O–H groups in total. The number of rotatable bonds is 56. The van der Waals surface area contributed by atoms with E-state index in [-0.39, 0.29) is 0 Å². The molecule has 0 radical (unpaired) electrons. The third kappa shape index (κ3) is 49.7. The summed E-state index contributed by atoms with van der Waals surface area (Å²) >= 11 is 0. The van der Waals surface area contributed by atoms with Crippen molar-refractivity contribution in [1.82, 2.24) is 0 Å². The van der Waals surface area contributed by atoms with Gasteiger partial charge in [-0.1, -0.05) is 136 Å². The molecule has 0 aliphatic heterocycles. The van der Waals surface area contributed by atoms with Crippen molar-refractivity contribution in [2.45, 2.75) is 362 Å². The summed E-state index contributed by atoms with van der Waals surface area (Å²) in [5, 5.41) is 0. The molecule has 0 saturated heterocycles. The Morgan fingerprint density at radius 3 is 0.393 bits per heavy atom. The fourth-order valence-electron chi connectivity index (χ4n) is 11.0. The van der Waals surface area contributed by atoms with Crippen LogP contribution in [-0.2, 0) is 0 Å². The first-order valence-electron chi connectivity index (χ1n) is 30.2. The molecular formula is C60H125P. The van der Waals surface area contributed by atoms with Crippen molar-refractivity contribution in [2.75, 3.05) is 24.6 Å². The van der Waals surface area contributed by atoms with E-state index in [0.717, 1.165) is 0 Å². The van der Waals surface area contributed by atoms with E-state index in [1.165, 1.54) is 315 Å². The van der Waals surface area contributed by atoms with E-state index in [9.17, 15) is 0 Å². The normalized spacial score (nSPS) is 12.3. The Morgan fingerprint density at radius 1 is 0.131 bits per heavy atom. The van der Waals surface area contributed by atoms with Crippen LogP contribution in [0, 0.1) is 0 Å². The first-order valence-corrected chi connectivity index (χ1v) is 33.1. The first-order chi connectivity index (χ1) is 30.2. The van der Waals surface area contributed by atoms with Gasteiger partial charge in [-0.15, -0.1) is 0 Å². The van der Waals surface area contributed by atoms with Gasteiger partial charge in [-0.2, -0.15) is 0 Å². The van der Waals surface area contributed by atoms with Crippen molar-refractivity contribution in [3.8, 4) is 0 Å². The van der Waals surface area contributed by atoms with Crippen LogP contribution in [0.2, 0.25) is 0 Å². The molecule has 0 aliphatic rings. The van der Waals surface area contributed by atoms with E-state index in [2.05, 4.69) is 27.7 Å². The maximum absolute atomic E-state index is 2.53. The van der Waals surface area contributed by atoms with E-state index in [1.54, 1.807) is 43.9 Å². The molecule has 370 valence electrons. The molecule has 1 heteroatoms. The van der Waals surface area contributed by atoms with E-state index >= 15 is 0 Å². The zero-order valence-corrected chi connectivity index (χ0v) is 45.1. The van der Waals surface area contributed by atoms with E-state index in [1.807, 2.05) is 0 Å².